The quantitative estimate of drug-likeness (QED) is 0.808. The molecule has 0 aromatic carbocycles. The van der Waals surface area contributed by atoms with Crippen molar-refractivity contribution in [1.29, 1.82) is 0 Å². The fraction of sp³-hybridized carbons (Fsp3) is 0.500. The predicted molar refractivity (Wildman–Crippen MR) is 63.2 cm³/mol. The average Bonchev–Trinajstić information content (AvgIpc) is 2.31. The van der Waals surface area contributed by atoms with Gasteiger partial charge in [0.1, 0.15) is 6.04 Å². The first-order valence-corrected chi connectivity index (χ1v) is 5.27. The van der Waals surface area contributed by atoms with Gasteiger partial charge in [0.15, 0.2) is 0 Å². The number of likely N-dealkylation sites (N-methyl/N-ethyl adjacent to an activating group) is 1. The molecule has 2 N–H and O–H groups in total. The van der Waals surface area contributed by atoms with Crippen molar-refractivity contribution in [2.75, 3.05) is 12.4 Å². The number of aryl methyl sites for hydroxylation is 2. The number of aromatic nitrogens is 3. The summed E-state index contributed by atoms with van der Waals surface area (Å²) in [4.78, 5) is 27.5. The number of carbonyl (C=O) groups is 2. The van der Waals surface area contributed by atoms with E-state index >= 15 is 0 Å². The smallest absolute Gasteiger partial charge is 0.326 e. The Morgan fingerprint density at radius 3 is 2.39 bits per heavy atom. The molecule has 1 unspecified atom stereocenters. The summed E-state index contributed by atoms with van der Waals surface area (Å²) in [5.41, 5.74) is 1.31. The average molecular weight is 253 g/mol. The highest BCUT2D eigenvalue weighted by Gasteiger charge is 2.22. The molecule has 0 aliphatic carbocycles. The number of amides is 2. The fourth-order valence-electron chi connectivity index (χ4n) is 1.04. The molecule has 0 spiro atoms. The lowest BCUT2D eigenvalue weighted by molar-refractivity contribution is -0.141. The normalized spacial score (nSPS) is 11.8. The summed E-state index contributed by atoms with van der Waals surface area (Å²) in [7, 11) is 1.38. The van der Waals surface area contributed by atoms with E-state index in [1.807, 2.05) is 0 Å². The van der Waals surface area contributed by atoms with Crippen LogP contribution in [0.1, 0.15) is 18.3 Å². The van der Waals surface area contributed by atoms with Gasteiger partial charge in [-0.1, -0.05) is 0 Å². The highest BCUT2D eigenvalue weighted by Crippen LogP contribution is 2.04. The topological polar surface area (TPSA) is 108 Å². The number of anilines is 1. The van der Waals surface area contributed by atoms with Crippen molar-refractivity contribution in [2.24, 2.45) is 0 Å². The van der Waals surface area contributed by atoms with Gasteiger partial charge in [-0.3, -0.25) is 5.32 Å². The van der Waals surface area contributed by atoms with Crippen LogP contribution in [-0.2, 0) is 4.79 Å². The van der Waals surface area contributed by atoms with E-state index in [0.29, 0.717) is 11.4 Å². The molecule has 18 heavy (non-hydrogen) atoms. The zero-order valence-electron chi connectivity index (χ0n) is 10.6. The third-order valence-electron chi connectivity index (χ3n) is 2.57. The molecule has 0 radical (unpaired) electrons. The number of nitrogens with zero attached hydrogens (tertiary/aromatic N) is 4. The molecule has 98 valence electrons. The van der Waals surface area contributed by atoms with Crippen LogP contribution in [0.15, 0.2) is 0 Å². The summed E-state index contributed by atoms with van der Waals surface area (Å²) >= 11 is 0. The monoisotopic (exact) mass is 253 g/mol. The number of carboxylic acids is 1. The van der Waals surface area contributed by atoms with Crippen LogP contribution in [0.3, 0.4) is 0 Å². The predicted octanol–water partition coefficient (Wildman–Crippen LogP) is 0.425. The van der Waals surface area contributed by atoms with Crippen LogP contribution in [0, 0.1) is 13.8 Å². The summed E-state index contributed by atoms with van der Waals surface area (Å²) in [5, 5.41) is 18.7. The Bertz CT molecular complexity index is 477. The summed E-state index contributed by atoms with van der Waals surface area (Å²) in [6, 6.07) is -1.54. The minimum atomic E-state index is -1.09. The number of urea groups is 1. The molecule has 1 atom stereocenters. The van der Waals surface area contributed by atoms with Crippen LogP contribution < -0.4 is 5.32 Å². The van der Waals surface area contributed by atoms with Crippen LogP contribution in [0.2, 0.25) is 0 Å². The molecule has 8 heteroatoms. The first kappa shape index (κ1) is 13.8. The Labute approximate surface area is 104 Å². The van der Waals surface area contributed by atoms with Gasteiger partial charge in [-0.2, -0.15) is 5.10 Å². The molecule has 1 aromatic heterocycles. The van der Waals surface area contributed by atoms with Crippen LogP contribution in [0.5, 0.6) is 0 Å². The Morgan fingerprint density at radius 2 is 1.89 bits per heavy atom. The molecule has 2 amide bonds. The minimum Gasteiger partial charge on any atom is -0.480 e. The van der Waals surface area contributed by atoms with Crippen molar-refractivity contribution in [1.82, 2.24) is 20.1 Å². The summed E-state index contributed by atoms with van der Waals surface area (Å²) in [6.07, 6.45) is 0. The molecule has 0 bridgehead atoms. The minimum absolute atomic E-state index is 0.0486. The van der Waals surface area contributed by atoms with E-state index in [-0.39, 0.29) is 5.95 Å². The van der Waals surface area contributed by atoms with Gasteiger partial charge >= 0.3 is 12.0 Å². The van der Waals surface area contributed by atoms with Gasteiger partial charge < -0.3 is 10.0 Å². The lowest BCUT2D eigenvalue weighted by Gasteiger charge is -2.21. The van der Waals surface area contributed by atoms with Crippen molar-refractivity contribution < 1.29 is 14.7 Å². The van der Waals surface area contributed by atoms with Gasteiger partial charge in [0, 0.05) is 7.05 Å². The second kappa shape index (κ2) is 5.39. The van der Waals surface area contributed by atoms with Crippen molar-refractivity contribution in [2.45, 2.75) is 26.8 Å². The molecule has 8 nitrogen and oxygen atoms in total. The zero-order valence-corrected chi connectivity index (χ0v) is 10.6. The maximum absolute atomic E-state index is 11.7. The maximum Gasteiger partial charge on any atom is 0.326 e. The van der Waals surface area contributed by atoms with E-state index in [4.69, 9.17) is 5.11 Å². The van der Waals surface area contributed by atoms with Crippen molar-refractivity contribution >= 4 is 17.9 Å². The van der Waals surface area contributed by atoms with E-state index < -0.39 is 18.0 Å². The summed E-state index contributed by atoms with van der Waals surface area (Å²) < 4.78 is 0. The van der Waals surface area contributed by atoms with Gasteiger partial charge in [0.2, 0.25) is 0 Å². The molecule has 1 heterocycles. The van der Waals surface area contributed by atoms with Crippen LogP contribution in [-0.4, -0.2) is 50.3 Å². The molecule has 0 fully saturated rings. The highest BCUT2D eigenvalue weighted by molar-refractivity contribution is 5.90. The summed E-state index contributed by atoms with van der Waals surface area (Å²) in [5.74, 6) is -1.04. The lowest BCUT2D eigenvalue weighted by atomic mass is 10.3. The molecule has 0 aliphatic rings. The number of rotatable bonds is 3. The van der Waals surface area contributed by atoms with E-state index in [0.717, 1.165) is 4.90 Å². The molecule has 0 saturated heterocycles. The lowest BCUT2D eigenvalue weighted by Crippen LogP contribution is -2.42. The van der Waals surface area contributed by atoms with Crippen LogP contribution in [0.4, 0.5) is 10.7 Å². The molecular formula is C10H15N5O3. The highest BCUT2D eigenvalue weighted by atomic mass is 16.4. The number of hydrogen-bond acceptors (Lipinski definition) is 5. The Hall–Kier alpha value is -2.25. The molecular weight excluding hydrogens is 238 g/mol. The van der Waals surface area contributed by atoms with Crippen molar-refractivity contribution in [3.05, 3.63) is 11.4 Å². The van der Waals surface area contributed by atoms with E-state index in [9.17, 15) is 9.59 Å². The van der Waals surface area contributed by atoms with Gasteiger partial charge in [0.05, 0.1) is 11.4 Å². The second-order valence-electron chi connectivity index (χ2n) is 3.86. The van der Waals surface area contributed by atoms with Gasteiger partial charge in [0.25, 0.3) is 5.95 Å². The number of hydrogen-bond donors (Lipinski definition) is 2. The van der Waals surface area contributed by atoms with E-state index in [2.05, 4.69) is 20.5 Å². The van der Waals surface area contributed by atoms with E-state index in [1.54, 1.807) is 13.8 Å². The third-order valence-corrected chi connectivity index (χ3v) is 2.57. The third kappa shape index (κ3) is 3.12. The fourth-order valence-corrected chi connectivity index (χ4v) is 1.04. The Kier molecular flexibility index (Phi) is 4.13. The van der Waals surface area contributed by atoms with Gasteiger partial charge in [-0.25, -0.2) is 14.6 Å². The van der Waals surface area contributed by atoms with Gasteiger partial charge in [-0.15, -0.1) is 5.10 Å². The van der Waals surface area contributed by atoms with E-state index in [1.165, 1.54) is 14.0 Å². The molecule has 1 rings (SSSR count). The number of carboxylic acid groups (broad SMARTS) is 1. The first-order valence-electron chi connectivity index (χ1n) is 5.27. The Morgan fingerprint density at radius 1 is 1.28 bits per heavy atom. The zero-order chi connectivity index (χ0) is 13.9. The van der Waals surface area contributed by atoms with Crippen LogP contribution in [0.25, 0.3) is 0 Å². The Balaban J connectivity index is 2.75. The summed E-state index contributed by atoms with van der Waals surface area (Å²) in [6.45, 7) is 4.89. The first-order chi connectivity index (χ1) is 8.32. The number of carbonyl (C=O) groups excluding carboxylic acids is 1. The molecule has 1 aromatic rings. The number of nitrogens with one attached hydrogen (secondary N) is 1. The SMILES string of the molecule is Cc1nnc(NC(=O)N(C)C(C)C(=O)O)nc1C. The number of aliphatic carboxylic acids is 1. The maximum atomic E-state index is 11.7. The van der Waals surface area contributed by atoms with Crippen molar-refractivity contribution in [3.8, 4) is 0 Å². The standard InChI is InChI=1S/C10H15N5O3/c1-5-6(2)13-14-9(11-5)12-10(18)15(4)7(3)8(16)17/h7H,1-4H3,(H,16,17)(H,11,12,14,18). The second-order valence-corrected chi connectivity index (χ2v) is 3.86. The molecule has 0 saturated carbocycles. The molecule has 0 aliphatic heterocycles. The largest absolute Gasteiger partial charge is 0.480 e. The van der Waals surface area contributed by atoms with Crippen LogP contribution >= 0.6 is 0 Å². The van der Waals surface area contributed by atoms with Crippen molar-refractivity contribution in [3.63, 3.8) is 0 Å². The van der Waals surface area contributed by atoms with Gasteiger partial charge in [-0.05, 0) is 20.8 Å².